The monoisotopic (exact) mass is 309 g/mol. The molecule has 0 aliphatic heterocycles. The summed E-state index contributed by atoms with van der Waals surface area (Å²) in [6.45, 7) is 3.00. The van der Waals surface area contributed by atoms with E-state index in [1.54, 1.807) is 31.5 Å². The van der Waals surface area contributed by atoms with E-state index in [2.05, 4.69) is 10.3 Å². The smallest absolute Gasteiger partial charge is 0.260 e. The number of nitrogens with two attached hydrogens (primary N) is 1. The lowest BCUT2D eigenvalue weighted by molar-refractivity contribution is -0.127. The highest BCUT2D eigenvalue weighted by atomic mass is 35.5. The Labute approximate surface area is 126 Å². The van der Waals surface area contributed by atoms with Crippen molar-refractivity contribution in [3.63, 3.8) is 0 Å². The molecule has 3 N–H and O–H groups in total. The summed E-state index contributed by atoms with van der Waals surface area (Å²) < 4.78 is 5.43. The third kappa shape index (κ3) is 8.64. The summed E-state index contributed by atoms with van der Waals surface area (Å²) in [5.74, 6) is 0.475. The molecule has 5 nitrogen and oxygen atoms in total. The number of pyridine rings is 1. The van der Waals surface area contributed by atoms with Gasteiger partial charge in [0.05, 0.1) is 6.20 Å². The molecular formula is C12H21Cl2N3O2. The molecule has 1 rings (SSSR count). The van der Waals surface area contributed by atoms with Gasteiger partial charge in [0.25, 0.3) is 5.91 Å². The maximum absolute atomic E-state index is 11.6. The summed E-state index contributed by atoms with van der Waals surface area (Å²) in [5.41, 5.74) is 5.36. The van der Waals surface area contributed by atoms with Gasteiger partial charge in [-0.3, -0.25) is 9.78 Å². The summed E-state index contributed by atoms with van der Waals surface area (Å²) in [4.78, 5) is 15.5. The fourth-order valence-electron chi connectivity index (χ4n) is 1.30. The first kappa shape index (κ1) is 20.3. The molecule has 1 aromatic heterocycles. The highest BCUT2D eigenvalue weighted by Gasteiger charge is 2.13. The lowest BCUT2D eigenvalue weighted by atomic mass is 10.3. The number of hydrogen-bond acceptors (Lipinski definition) is 4. The largest absolute Gasteiger partial charge is 0.479 e. The quantitative estimate of drug-likeness (QED) is 0.749. The Hall–Kier alpha value is -1.04. The molecule has 1 atom stereocenters. The molecule has 0 radical (unpaired) electrons. The summed E-state index contributed by atoms with van der Waals surface area (Å²) in [6, 6.07) is 3.53. The Morgan fingerprint density at radius 1 is 1.47 bits per heavy atom. The normalized spacial score (nSPS) is 10.6. The average Bonchev–Trinajstić information content (AvgIpc) is 2.35. The fraction of sp³-hybridized carbons (Fsp3) is 0.500. The maximum atomic E-state index is 11.6. The number of amides is 1. The zero-order valence-corrected chi connectivity index (χ0v) is 12.5. The van der Waals surface area contributed by atoms with Gasteiger partial charge >= 0.3 is 0 Å². The number of hydrogen-bond donors (Lipinski definition) is 2. The van der Waals surface area contributed by atoms with Crippen LogP contribution in [0, 0.1) is 0 Å². The molecule has 1 unspecified atom stereocenters. The van der Waals surface area contributed by atoms with E-state index in [0.29, 0.717) is 18.8 Å². The second-order valence-corrected chi connectivity index (χ2v) is 3.74. The number of carbonyl (C=O) groups is 1. The number of nitrogens with zero attached hydrogens (tertiary/aromatic N) is 1. The Bertz CT molecular complexity index is 339. The van der Waals surface area contributed by atoms with Gasteiger partial charge in [-0.15, -0.1) is 24.8 Å². The van der Waals surface area contributed by atoms with Crippen molar-refractivity contribution < 1.29 is 9.53 Å². The predicted molar refractivity (Wildman–Crippen MR) is 80.1 cm³/mol. The van der Waals surface area contributed by atoms with E-state index in [0.717, 1.165) is 12.8 Å². The molecule has 0 spiro atoms. The van der Waals surface area contributed by atoms with Gasteiger partial charge in [0.1, 0.15) is 5.75 Å². The second kappa shape index (κ2) is 12.0. The van der Waals surface area contributed by atoms with Crippen LogP contribution in [0.15, 0.2) is 24.5 Å². The molecule has 110 valence electrons. The van der Waals surface area contributed by atoms with E-state index in [9.17, 15) is 4.79 Å². The van der Waals surface area contributed by atoms with Crippen LogP contribution in [-0.2, 0) is 4.79 Å². The maximum Gasteiger partial charge on any atom is 0.260 e. The van der Waals surface area contributed by atoms with Gasteiger partial charge < -0.3 is 15.8 Å². The van der Waals surface area contributed by atoms with Gasteiger partial charge in [0.15, 0.2) is 6.10 Å². The standard InChI is InChI=1S/C12H19N3O2.2ClH/c1-10(12(16)15-8-3-2-6-13)17-11-5-4-7-14-9-11;;/h4-5,7,9-10H,2-3,6,8,13H2,1H3,(H,15,16);2*1H. The van der Waals surface area contributed by atoms with Crippen LogP contribution in [0.4, 0.5) is 0 Å². The van der Waals surface area contributed by atoms with E-state index in [1.165, 1.54) is 0 Å². The summed E-state index contributed by atoms with van der Waals surface area (Å²) >= 11 is 0. The predicted octanol–water partition coefficient (Wildman–Crippen LogP) is 1.55. The molecule has 0 aliphatic carbocycles. The van der Waals surface area contributed by atoms with Crippen LogP contribution in [0.25, 0.3) is 0 Å². The van der Waals surface area contributed by atoms with Crippen LogP contribution in [0.3, 0.4) is 0 Å². The summed E-state index contributed by atoms with van der Waals surface area (Å²) in [5, 5.41) is 2.80. The number of nitrogens with one attached hydrogen (secondary N) is 1. The first-order valence-corrected chi connectivity index (χ1v) is 5.78. The zero-order valence-electron chi connectivity index (χ0n) is 10.9. The van der Waals surface area contributed by atoms with Crippen LogP contribution >= 0.6 is 24.8 Å². The van der Waals surface area contributed by atoms with Gasteiger partial charge in [-0.05, 0) is 38.4 Å². The number of halogens is 2. The fourth-order valence-corrected chi connectivity index (χ4v) is 1.30. The minimum atomic E-state index is -0.517. The lowest BCUT2D eigenvalue weighted by Crippen LogP contribution is -2.36. The highest BCUT2D eigenvalue weighted by molar-refractivity contribution is 5.85. The SMILES string of the molecule is CC(Oc1cccnc1)C(=O)NCCCCN.Cl.Cl. The van der Waals surface area contributed by atoms with Gasteiger partial charge in [-0.25, -0.2) is 0 Å². The van der Waals surface area contributed by atoms with E-state index in [4.69, 9.17) is 10.5 Å². The van der Waals surface area contributed by atoms with Crippen molar-refractivity contribution in [1.82, 2.24) is 10.3 Å². The van der Waals surface area contributed by atoms with Crippen LogP contribution in [-0.4, -0.2) is 30.1 Å². The first-order chi connectivity index (χ1) is 8.24. The molecule has 19 heavy (non-hydrogen) atoms. The lowest BCUT2D eigenvalue weighted by Gasteiger charge is -2.14. The van der Waals surface area contributed by atoms with E-state index < -0.39 is 6.10 Å². The first-order valence-electron chi connectivity index (χ1n) is 5.78. The molecule has 0 saturated heterocycles. The van der Waals surface area contributed by atoms with Crippen molar-refractivity contribution in [2.24, 2.45) is 5.73 Å². The average molecular weight is 310 g/mol. The van der Waals surface area contributed by atoms with Crippen molar-refractivity contribution in [3.05, 3.63) is 24.5 Å². The van der Waals surface area contributed by atoms with Gasteiger partial charge in [0.2, 0.25) is 0 Å². The second-order valence-electron chi connectivity index (χ2n) is 3.74. The molecule has 0 fully saturated rings. The van der Waals surface area contributed by atoms with Crippen molar-refractivity contribution in [3.8, 4) is 5.75 Å². The zero-order chi connectivity index (χ0) is 12.5. The topological polar surface area (TPSA) is 77.2 Å². The van der Waals surface area contributed by atoms with E-state index >= 15 is 0 Å². The molecule has 0 aliphatic rings. The Balaban J connectivity index is 0. The van der Waals surface area contributed by atoms with Gasteiger partial charge in [-0.2, -0.15) is 0 Å². The van der Waals surface area contributed by atoms with Gasteiger partial charge in [0, 0.05) is 12.7 Å². The Morgan fingerprint density at radius 3 is 2.79 bits per heavy atom. The molecule has 1 aromatic rings. The number of unbranched alkanes of at least 4 members (excludes halogenated alkanes) is 1. The number of aromatic nitrogens is 1. The van der Waals surface area contributed by atoms with E-state index in [-0.39, 0.29) is 30.7 Å². The van der Waals surface area contributed by atoms with Crippen LogP contribution in [0.5, 0.6) is 5.75 Å². The summed E-state index contributed by atoms with van der Waals surface area (Å²) in [6.07, 6.45) is 4.53. The van der Waals surface area contributed by atoms with Crippen LogP contribution < -0.4 is 15.8 Å². The molecular weight excluding hydrogens is 289 g/mol. The Kier molecular flexibility index (Phi) is 12.8. The summed E-state index contributed by atoms with van der Waals surface area (Å²) in [7, 11) is 0. The number of ether oxygens (including phenoxy) is 1. The van der Waals surface area contributed by atoms with Gasteiger partial charge in [-0.1, -0.05) is 0 Å². The van der Waals surface area contributed by atoms with Crippen molar-refractivity contribution in [2.75, 3.05) is 13.1 Å². The molecule has 1 heterocycles. The number of rotatable bonds is 7. The molecule has 0 bridgehead atoms. The Morgan fingerprint density at radius 2 is 2.21 bits per heavy atom. The molecule has 0 aromatic carbocycles. The van der Waals surface area contributed by atoms with Crippen LogP contribution in [0.2, 0.25) is 0 Å². The molecule has 7 heteroatoms. The van der Waals surface area contributed by atoms with E-state index in [1.807, 2.05) is 0 Å². The minimum Gasteiger partial charge on any atom is -0.479 e. The minimum absolute atomic E-state index is 0. The molecule has 0 saturated carbocycles. The van der Waals surface area contributed by atoms with Crippen molar-refractivity contribution in [2.45, 2.75) is 25.9 Å². The van der Waals surface area contributed by atoms with Crippen LogP contribution in [0.1, 0.15) is 19.8 Å². The molecule has 1 amide bonds. The number of carbonyl (C=O) groups excluding carboxylic acids is 1. The third-order valence-corrected chi connectivity index (χ3v) is 2.25. The third-order valence-electron chi connectivity index (χ3n) is 2.25. The van der Waals surface area contributed by atoms with Crippen molar-refractivity contribution in [1.29, 1.82) is 0 Å². The van der Waals surface area contributed by atoms with Crippen molar-refractivity contribution >= 4 is 30.7 Å². The highest BCUT2D eigenvalue weighted by Crippen LogP contribution is 2.08.